The number of phenolic OH excluding ortho intramolecular Hbond substituents is 1. The van der Waals surface area contributed by atoms with Gasteiger partial charge in [0.2, 0.25) is 0 Å². The second-order valence-electron chi connectivity index (χ2n) is 5.98. The Labute approximate surface area is 136 Å². The van der Waals surface area contributed by atoms with Gasteiger partial charge >= 0.3 is 0 Å². The van der Waals surface area contributed by atoms with Crippen LogP contribution in [0.15, 0.2) is 48.5 Å². The quantitative estimate of drug-likeness (QED) is 0.910. The van der Waals surface area contributed by atoms with E-state index in [-0.39, 0.29) is 11.8 Å². The highest BCUT2D eigenvalue weighted by atomic mass is 16.3. The van der Waals surface area contributed by atoms with E-state index >= 15 is 0 Å². The number of Topliss-reactive ketones (excluding diaryl/α,β-unsaturated/α-hetero) is 1. The summed E-state index contributed by atoms with van der Waals surface area (Å²) in [5.41, 5.74) is 2.69. The lowest BCUT2D eigenvalue weighted by molar-refractivity contribution is -0.123. The summed E-state index contributed by atoms with van der Waals surface area (Å²) in [6.07, 6.45) is 0. The van der Waals surface area contributed by atoms with Crippen LogP contribution in [0.2, 0.25) is 0 Å². The van der Waals surface area contributed by atoms with Gasteiger partial charge in [-0.2, -0.15) is 0 Å². The van der Waals surface area contributed by atoms with Gasteiger partial charge in [0.15, 0.2) is 0 Å². The minimum absolute atomic E-state index is 0.122. The monoisotopic (exact) mass is 310 g/mol. The number of benzene rings is 2. The molecule has 1 unspecified atom stereocenters. The molecule has 3 rings (SSSR count). The maximum atomic E-state index is 11.8. The number of carbonyl (C=O) groups excluding carboxylic acids is 1. The van der Waals surface area contributed by atoms with Crippen molar-refractivity contribution in [3.05, 3.63) is 54.1 Å². The molecule has 4 heteroatoms. The predicted octanol–water partition coefficient (Wildman–Crippen LogP) is 2.42. The maximum absolute atomic E-state index is 11.8. The molecule has 0 saturated carbocycles. The number of nitrogens with one attached hydrogen (secondary N) is 1. The first-order valence-corrected chi connectivity index (χ1v) is 7.98. The molecule has 0 aliphatic carbocycles. The average molecular weight is 310 g/mol. The van der Waals surface area contributed by atoms with Gasteiger partial charge in [0.25, 0.3) is 0 Å². The van der Waals surface area contributed by atoms with Gasteiger partial charge in [-0.25, -0.2) is 0 Å². The summed E-state index contributed by atoms with van der Waals surface area (Å²) < 4.78 is 0. The SMILES string of the molecule is CC(=O)C1CNCCN1Cc1cccc(-c2ccccc2)c1O. The van der Waals surface area contributed by atoms with Crippen molar-refractivity contribution in [1.29, 1.82) is 0 Å². The van der Waals surface area contributed by atoms with Gasteiger partial charge in [-0.05, 0) is 12.5 Å². The summed E-state index contributed by atoms with van der Waals surface area (Å²) in [5, 5.41) is 13.9. The first-order chi connectivity index (χ1) is 11.2. The zero-order valence-electron chi connectivity index (χ0n) is 13.3. The third-order valence-electron chi connectivity index (χ3n) is 4.40. The van der Waals surface area contributed by atoms with Crippen LogP contribution in [0.3, 0.4) is 0 Å². The summed E-state index contributed by atoms with van der Waals surface area (Å²) in [5.74, 6) is 0.468. The third kappa shape index (κ3) is 3.44. The lowest BCUT2D eigenvalue weighted by Crippen LogP contribution is -2.53. The number of ketones is 1. The van der Waals surface area contributed by atoms with Gasteiger partial charge in [0, 0.05) is 37.3 Å². The van der Waals surface area contributed by atoms with E-state index in [9.17, 15) is 9.90 Å². The van der Waals surface area contributed by atoms with E-state index in [1.807, 2.05) is 48.5 Å². The van der Waals surface area contributed by atoms with Crippen LogP contribution < -0.4 is 5.32 Å². The molecule has 1 atom stereocenters. The van der Waals surface area contributed by atoms with E-state index in [1.54, 1.807) is 6.92 Å². The van der Waals surface area contributed by atoms with Crippen LogP contribution in [-0.4, -0.2) is 41.5 Å². The molecule has 0 radical (unpaired) electrons. The largest absolute Gasteiger partial charge is 0.507 e. The second kappa shape index (κ2) is 6.94. The lowest BCUT2D eigenvalue weighted by atomic mass is 10.0. The number of phenols is 1. The Morgan fingerprint density at radius 1 is 1.22 bits per heavy atom. The molecule has 2 aromatic rings. The van der Waals surface area contributed by atoms with E-state index in [1.165, 1.54) is 0 Å². The summed E-state index contributed by atoms with van der Waals surface area (Å²) in [7, 11) is 0. The van der Waals surface area contributed by atoms with Crippen molar-refractivity contribution in [1.82, 2.24) is 10.2 Å². The van der Waals surface area contributed by atoms with E-state index in [2.05, 4.69) is 10.2 Å². The number of hydrogen-bond donors (Lipinski definition) is 2. The summed E-state index contributed by atoms with van der Waals surface area (Å²) >= 11 is 0. The number of nitrogens with zero attached hydrogens (tertiary/aromatic N) is 1. The standard InChI is InChI=1S/C19H22N2O2/c1-14(22)18-12-20-10-11-21(18)13-16-8-5-9-17(19(16)23)15-6-3-2-4-7-15/h2-9,18,20,23H,10-13H2,1H3. The van der Waals surface area contributed by atoms with Crippen molar-refractivity contribution in [2.45, 2.75) is 19.5 Å². The average Bonchev–Trinajstić information content (AvgIpc) is 2.58. The van der Waals surface area contributed by atoms with Crippen molar-refractivity contribution in [2.75, 3.05) is 19.6 Å². The molecule has 0 spiro atoms. The Bertz CT molecular complexity index is 685. The van der Waals surface area contributed by atoms with Gasteiger partial charge in [-0.3, -0.25) is 9.69 Å². The zero-order chi connectivity index (χ0) is 16.2. The smallest absolute Gasteiger partial charge is 0.148 e. The van der Waals surface area contributed by atoms with E-state index in [4.69, 9.17) is 0 Å². The molecule has 0 amide bonds. The normalized spacial score (nSPS) is 18.7. The Morgan fingerprint density at radius 2 is 2.00 bits per heavy atom. The van der Waals surface area contributed by atoms with E-state index < -0.39 is 0 Å². The first kappa shape index (κ1) is 15.7. The minimum atomic E-state index is -0.122. The highest BCUT2D eigenvalue weighted by Crippen LogP contribution is 2.33. The van der Waals surface area contributed by atoms with Crippen molar-refractivity contribution < 1.29 is 9.90 Å². The fraction of sp³-hybridized carbons (Fsp3) is 0.316. The summed E-state index contributed by atoms with van der Waals surface area (Å²) in [4.78, 5) is 14.0. The van der Waals surface area contributed by atoms with Crippen LogP contribution in [-0.2, 0) is 11.3 Å². The maximum Gasteiger partial charge on any atom is 0.148 e. The molecular weight excluding hydrogens is 288 g/mol. The van der Waals surface area contributed by atoms with Crippen LogP contribution in [0, 0.1) is 0 Å². The molecule has 4 nitrogen and oxygen atoms in total. The topological polar surface area (TPSA) is 52.6 Å². The molecule has 2 aromatic carbocycles. The molecule has 1 saturated heterocycles. The van der Waals surface area contributed by atoms with Crippen LogP contribution in [0.5, 0.6) is 5.75 Å². The number of aromatic hydroxyl groups is 1. The van der Waals surface area contributed by atoms with Gasteiger partial charge in [0.1, 0.15) is 11.5 Å². The van der Waals surface area contributed by atoms with Crippen molar-refractivity contribution in [3.8, 4) is 16.9 Å². The molecule has 1 aliphatic heterocycles. The van der Waals surface area contributed by atoms with Crippen molar-refractivity contribution in [2.24, 2.45) is 0 Å². The Hall–Kier alpha value is -2.17. The highest BCUT2D eigenvalue weighted by molar-refractivity contribution is 5.82. The van der Waals surface area contributed by atoms with Crippen molar-refractivity contribution >= 4 is 5.78 Å². The Morgan fingerprint density at radius 3 is 2.74 bits per heavy atom. The second-order valence-corrected chi connectivity index (χ2v) is 5.98. The predicted molar refractivity (Wildman–Crippen MR) is 91.3 cm³/mol. The zero-order valence-corrected chi connectivity index (χ0v) is 13.3. The van der Waals surface area contributed by atoms with Crippen LogP contribution in [0.25, 0.3) is 11.1 Å². The van der Waals surface area contributed by atoms with Gasteiger partial charge in [0.05, 0.1) is 6.04 Å². The minimum Gasteiger partial charge on any atom is -0.507 e. The molecule has 23 heavy (non-hydrogen) atoms. The summed E-state index contributed by atoms with van der Waals surface area (Å²) in [6, 6.07) is 15.6. The van der Waals surface area contributed by atoms with Crippen LogP contribution >= 0.6 is 0 Å². The number of hydrogen-bond acceptors (Lipinski definition) is 4. The molecule has 1 heterocycles. The van der Waals surface area contributed by atoms with Gasteiger partial charge < -0.3 is 10.4 Å². The van der Waals surface area contributed by atoms with Crippen molar-refractivity contribution in [3.63, 3.8) is 0 Å². The molecule has 1 fully saturated rings. The molecule has 0 bridgehead atoms. The lowest BCUT2D eigenvalue weighted by Gasteiger charge is -2.34. The van der Waals surface area contributed by atoms with Gasteiger partial charge in [-0.15, -0.1) is 0 Å². The molecule has 1 aliphatic rings. The third-order valence-corrected chi connectivity index (χ3v) is 4.40. The number of piperazine rings is 1. The van der Waals surface area contributed by atoms with E-state index in [0.29, 0.717) is 18.8 Å². The van der Waals surface area contributed by atoms with Crippen LogP contribution in [0.4, 0.5) is 0 Å². The molecule has 0 aromatic heterocycles. The van der Waals surface area contributed by atoms with E-state index in [0.717, 1.165) is 29.8 Å². The molecule has 2 N–H and O–H groups in total. The molecular formula is C19H22N2O2. The summed E-state index contributed by atoms with van der Waals surface area (Å²) in [6.45, 7) is 4.56. The number of carbonyl (C=O) groups is 1. The Balaban J connectivity index is 1.87. The molecule has 120 valence electrons. The Kier molecular flexibility index (Phi) is 4.74. The number of para-hydroxylation sites is 1. The highest BCUT2D eigenvalue weighted by Gasteiger charge is 2.26. The fourth-order valence-electron chi connectivity index (χ4n) is 3.12. The fourth-order valence-corrected chi connectivity index (χ4v) is 3.12. The van der Waals surface area contributed by atoms with Crippen LogP contribution in [0.1, 0.15) is 12.5 Å². The number of rotatable bonds is 4. The van der Waals surface area contributed by atoms with Gasteiger partial charge in [-0.1, -0.05) is 48.5 Å². The first-order valence-electron chi connectivity index (χ1n) is 7.98.